The van der Waals surface area contributed by atoms with E-state index in [1.807, 2.05) is 0 Å². The van der Waals surface area contributed by atoms with Gasteiger partial charge in [-0.2, -0.15) is 0 Å². The largest absolute Gasteiger partial charge is 0.504 e. The van der Waals surface area contributed by atoms with Gasteiger partial charge in [-0.15, -0.1) is 11.3 Å². The molecular weight excluding hydrogens is 756 g/mol. The zero-order valence-corrected chi connectivity index (χ0v) is 29.3. The van der Waals surface area contributed by atoms with Gasteiger partial charge in [-0.1, -0.05) is 28.5 Å². The second kappa shape index (κ2) is 14.0. The van der Waals surface area contributed by atoms with E-state index in [1.165, 1.54) is 24.1 Å². The summed E-state index contributed by atoms with van der Waals surface area (Å²) in [6, 6.07) is 0.936. The number of oxime groups is 1. The van der Waals surface area contributed by atoms with E-state index in [1.54, 1.807) is 0 Å². The third-order valence-electron chi connectivity index (χ3n) is 8.16. The molecule has 1 aromatic heterocycles. The van der Waals surface area contributed by atoms with Crippen LogP contribution in [-0.4, -0.2) is 140 Å². The third kappa shape index (κ3) is 6.81. The highest BCUT2D eigenvalue weighted by atomic mass is 35.5. The number of urea groups is 1. The fourth-order valence-corrected chi connectivity index (χ4v) is 7.79. The number of carbonyl (C=O) groups is 7. The zero-order chi connectivity index (χ0) is 38.4. The number of halogens is 1. The van der Waals surface area contributed by atoms with Crippen LogP contribution in [0.3, 0.4) is 0 Å². The quantitative estimate of drug-likeness (QED) is 0.0460. The Hall–Kier alpha value is -5.39. The molecule has 0 radical (unpaired) electrons. The lowest BCUT2D eigenvalue weighted by Crippen LogP contribution is -2.60. The van der Waals surface area contributed by atoms with Gasteiger partial charge >= 0.3 is 18.0 Å². The van der Waals surface area contributed by atoms with Crippen molar-refractivity contribution in [3.8, 4) is 11.5 Å². The number of fused-ring (bicyclic) bond motifs is 1. The summed E-state index contributed by atoms with van der Waals surface area (Å²) in [7, 11) is 0. The smallest absolute Gasteiger partial charge is 0.350 e. The number of amides is 5. The molecule has 0 bridgehead atoms. The van der Waals surface area contributed by atoms with Crippen LogP contribution in [0.4, 0.5) is 9.93 Å². The number of carboxylic acid groups (broad SMARTS) is 2. The van der Waals surface area contributed by atoms with Gasteiger partial charge in [0.2, 0.25) is 16.4 Å². The van der Waals surface area contributed by atoms with Crippen LogP contribution in [0.25, 0.3) is 0 Å². The lowest BCUT2D eigenvalue weighted by Gasteiger charge is -2.40. The maximum Gasteiger partial charge on any atom is 0.350 e. The van der Waals surface area contributed by atoms with Crippen molar-refractivity contribution in [1.82, 2.24) is 30.3 Å². The van der Waals surface area contributed by atoms with Gasteiger partial charge in [-0.25, -0.2) is 29.4 Å². The summed E-state index contributed by atoms with van der Waals surface area (Å²) >= 11 is 7.54. The Morgan fingerprint density at radius 3 is 2.50 bits per heavy atom. The second-order valence-corrected chi connectivity index (χ2v) is 14.7. The molecule has 3 aliphatic rings. The third-order valence-corrected chi connectivity index (χ3v) is 11.0. The maximum absolute atomic E-state index is 13.5. The van der Waals surface area contributed by atoms with E-state index in [-0.39, 0.29) is 29.0 Å². The van der Waals surface area contributed by atoms with Crippen molar-refractivity contribution < 1.29 is 64.0 Å². The number of phenols is 2. The van der Waals surface area contributed by atoms with Gasteiger partial charge in [0.15, 0.2) is 28.1 Å². The molecule has 21 nitrogen and oxygen atoms in total. The fourth-order valence-electron chi connectivity index (χ4n) is 5.31. The lowest BCUT2D eigenvalue weighted by atomic mass is 9.90. The molecule has 3 aliphatic heterocycles. The highest BCUT2D eigenvalue weighted by Crippen LogP contribution is 2.53. The Kier molecular flexibility index (Phi) is 10.2. The number of rotatable bonds is 13. The second-order valence-electron chi connectivity index (χ2n) is 12.0. The minimum atomic E-state index is -2.04. The van der Waals surface area contributed by atoms with Crippen LogP contribution in [0.1, 0.15) is 36.3 Å². The number of carbonyl (C=O) groups excluding carboxylic acids is 5. The molecule has 4 heterocycles. The van der Waals surface area contributed by atoms with Gasteiger partial charge in [-0.05, 0) is 26.0 Å². The van der Waals surface area contributed by atoms with Crippen LogP contribution >= 0.6 is 34.7 Å². The Bertz CT molecular complexity index is 1920. The summed E-state index contributed by atoms with van der Waals surface area (Å²) < 4.78 is 0. The summed E-state index contributed by atoms with van der Waals surface area (Å²) in [5.41, 5.74) is 5.14. The van der Waals surface area contributed by atoms with Gasteiger partial charge in [0.25, 0.3) is 11.8 Å². The number of nitrogens with one attached hydrogen (secondary N) is 1. The summed E-state index contributed by atoms with van der Waals surface area (Å²) in [6.45, 7) is 0.425. The summed E-state index contributed by atoms with van der Waals surface area (Å²) in [5.74, 6) is -9.09. The number of ketones is 1. The number of thioether (sulfide) groups is 1. The van der Waals surface area contributed by atoms with Crippen molar-refractivity contribution in [3.05, 3.63) is 33.8 Å². The predicted octanol–water partition coefficient (Wildman–Crippen LogP) is -0.0544. The van der Waals surface area contributed by atoms with E-state index in [0.29, 0.717) is 0 Å². The number of hydrazine groups is 1. The maximum atomic E-state index is 13.5. The predicted molar refractivity (Wildman–Crippen MR) is 177 cm³/mol. The number of anilines is 1. The normalized spacial score (nSPS) is 21.5. The van der Waals surface area contributed by atoms with E-state index >= 15 is 0 Å². The Balaban J connectivity index is 1.25. The number of Topliss-reactive ketones (excluding diaryl/α,β-unsaturated/α-hetero) is 1. The van der Waals surface area contributed by atoms with Crippen LogP contribution in [0.5, 0.6) is 11.5 Å². The fraction of sp³-hybridized carbons (Fsp3) is 0.393. The number of aromatic hydroxyl groups is 2. The molecule has 0 spiro atoms. The number of aliphatic carboxylic acids is 2. The molecular formula is C28H29ClN8O13S2. The monoisotopic (exact) mass is 784 g/mol. The average Bonchev–Trinajstić information content (AvgIpc) is 3.78. The Morgan fingerprint density at radius 2 is 1.88 bits per heavy atom. The van der Waals surface area contributed by atoms with E-state index in [9.17, 15) is 59.2 Å². The highest BCUT2D eigenvalue weighted by Gasteiger charge is 2.66. The molecule has 3 atom stereocenters. The number of β-lactam (4-membered cyclic amide) rings is 1. The van der Waals surface area contributed by atoms with Crippen LogP contribution in [0.2, 0.25) is 5.02 Å². The number of aromatic nitrogens is 1. The molecule has 3 fully saturated rings. The summed E-state index contributed by atoms with van der Waals surface area (Å²) in [5, 5.41) is 53.6. The molecule has 2 aromatic rings. The van der Waals surface area contributed by atoms with Gasteiger partial charge in [0, 0.05) is 18.3 Å². The van der Waals surface area contributed by atoms with Crippen LogP contribution in [-0.2, 0) is 28.8 Å². The van der Waals surface area contributed by atoms with Gasteiger partial charge in [-0.3, -0.25) is 34.7 Å². The molecule has 0 saturated carbocycles. The number of nitrogen functional groups attached to an aromatic ring is 1. The topological polar surface area (TPSA) is 306 Å². The SMILES string of the molecule is CC(C)(O/N=C(\C(=O)C[C@@H]1C(=O)N2C[C@@](C(=O)O)(N3CCN(NC(=O)CN(O)C(=O)c4ccc(O)c(O)c4Cl)C3=O)S[C@H]12)c1csc(N)n1)C(=O)O. The average molecular weight is 785 g/mol. The Labute approximate surface area is 305 Å². The number of carboxylic acids is 2. The van der Waals surface area contributed by atoms with Crippen LogP contribution in [0.15, 0.2) is 22.7 Å². The number of benzene rings is 1. The molecule has 0 aliphatic carbocycles. The first-order chi connectivity index (χ1) is 24.3. The van der Waals surface area contributed by atoms with E-state index in [4.69, 9.17) is 22.2 Å². The van der Waals surface area contributed by atoms with E-state index in [0.717, 1.165) is 45.1 Å². The molecule has 278 valence electrons. The van der Waals surface area contributed by atoms with Crippen molar-refractivity contribution in [1.29, 1.82) is 0 Å². The van der Waals surface area contributed by atoms with Crippen molar-refractivity contribution in [2.45, 2.75) is 36.1 Å². The Morgan fingerprint density at radius 1 is 1.19 bits per heavy atom. The number of hydroxylamine groups is 2. The number of nitrogens with two attached hydrogens (primary N) is 1. The zero-order valence-electron chi connectivity index (χ0n) is 26.9. The molecule has 3 saturated heterocycles. The van der Waals surface area contributed by atoms with Crippen molar-refractivity contribution in [2.24, 2.45) is 11.1 Å². The number of phenolic OH excluding ortho intramolecular Hbond substituents is 2. The first-order valence-electron chi connectivity index (χ1n) is 14.8. The lowest BCUT2D eigenvalue weighted by molar-refractivity contribution is -0.161. The molecule has 0 unspecified atom stereocenters. The van der Waals surface area contributed by atoms with Crippen LogP contribution in [0, 0.1) is 5.92 Å². The minimum absolute atomic E-state index is 0.0294. The molecule has 52 heavy (non-hydrogen) atoms. The number of nitrogens with zero attached hydrogens (tertiary/aromatic N) is 6. The standard InChI is InChI=1S/C28H29ClN8O13S2/c1-27(2,23(44)45)50-33-18(13-9-51-25(30)31-13)15(39)7-12-20(42)34-10-28(24(46)47,52-22(12)34)35-5-6-36(26(35)48)32-16(40)8-37(49)21(43)11-3-4-14(38)19(41)17(11)29/h3-4,9,12,22,38,41,49H,5-8,10H2,1-2H3,(H2,30,31)(H,32,40)(H,44,45)(H,46,47)/b33-18-/t12-,22-,28-/m1/s1. The minimum Gasteiger partial charge on any atom is -0.504 e. The summed E-state index contributed by atoms with van der Waals surface area (Å²) in [6.07, 6.45) is -0.503. The van der Waals surface area contributed by atoms with Gasteiger partial charge in [0.05, 0.1) is 35.0 Å². The van der Waals surface area contributed by atoms with Crippen molar-refractivity contribution in [2.75, 3.05) is 31.9 Å². The van der Waals surface area contributed by atoms with Crippen molar-refractivity contribution in [3.63, 3.8) is 0 Å². The number of thiazole rings is 1. The van der Waals surface area contributed by atoms with Crippen LogP contribution < -0.4 is 11.2 Å². The molecule has 8 N–H and O–H groups in total. The van der Waals surface area contributed by atoms with Crippen molar-refractivity contribution >= 4 is 87.0 Å². The highest BCUT2D eigenvalue weighted by molar-refractivity contribution is 8.02. The van der Waals surface area contributed by atoms with Gasteiger partial charge in [0.1, 0.15) is 12.2 Å². The van der Waals surface area contributed by atoms with E-state index < -0.39 is 111 Å². The molecule has 1 aromatic carbocycles. The first kappa shape index (κ1) is 37.9. The summed E-state index contributed by atoms with van der Waals surface area (Å²) in [4.78, 5) is 98.8. The van der Waals surface area contributed by atoms with Gasteiger partial charge < -0.3 is 35.9 Å². The molecule has 5 amide bonds. The molecule has 24 heteroatoms. The number of hydrogen-bond donors (Lipinski definition) is 7. The molecule has 5 rings (SSSR count). The van der Waals surface area contributed by atoms with E-state index in [2.05, 4.69) is 15.6 Å². The number of hydrogen-bond acceptors (Lipinski definition) is 16. The first-order valence-corrected chi connectivity index (χ1v) is 17.0.